The largest absolute Gasteiger partial charge is 0.445 e. The van der Waals surface area contributed by atoms with Crippen LogP contribution in [0.5, 0.6) is 0 Å². The van der Waals surface area contributed by atoms with E-state index in [0.717, 1.165) is 6.20 Å². The van der Waals surface area contributed by atoms with E-state index in [1.54, 1.807) is 24.3 Å². The lowest BCUT2D eigenvalue weighted by Crippen LogP contribution is -2.55. The molecule has 3 rings (SSSR count). The van der Waals surface area contributed by atoms with Crippen LogP contribution in [-0.2, 0) is 16.1 Å². The Balaban J connectivity index is 1.65. The Morgan fingerprint density at radius 1 is 1.34 bits per heavy atom. The molecular formula is C20H26ClFN6O4. The normalized spacial score (nSPS) is 27.2. The molecule has 1 aromatic carbocycles. The molecule has 0 aliphatic heterocycles. The van der Waals surface area contributed by atoms with E-state index >= 15 is 0 Å². The first kappa shape index (κ1) is 23.6. The van der Waals surface area contributed by atoms with E-state index in [1.165, 1.54) is 0 Å². The van der Waals surface area contributed by atoms with E-state index in [0.29, 0.717) is 24.1 Å². The minimum Gasteiger partial charge on any atom is -0.445 e. The van der Waals surface area contributed by atoms with E-state index in [-0.39, 0.29) is 36.3 Å². The molecule has 32 heavy (non-hydrogen) atoms. The second-order valence-corrected chi connectivity index (χ2v) is 8.01. The van der Waals surface area contributed by atoms with Crippen LogP contribution in [0.2, 0.25) is 0 Å². The number of hydrogen-bond donors (Lipinski definition) is 6. The zero-order valence-electron chi connectivity index (χ0n) is 17.1. The lowest BCUT2D eigenvalue weighted by Gasteiger charge is -2.35. The monoisotopic (exact) mass is 468 g/mol. The van der Waals surface area contributed by atoms with Gasteiger partial charge < -0.3 is 26.8 Å². The predicted molar refractivity (Wildman–Crippen MR) is 116 cm³/mol. The van der Waals surface area contributed by atoms with Crippen LogP contribution in [0.4, 0.5) is 14.9 Å². The quantitative estimate of drug-likeness (QED) is 0.111. The van der Waals surface area contributed by atoms with Gasteiger partial charge in [0.05, 0.1) is 11.6 Å². The van der Waals surface area contributed by atoms with Crippen molar-refractivity contribution in [2.45, 2.75) is 31.5 Å². The number of carbonyl (C=O) groups is 2. The summed E-state index contributed by atoms with van der Waals surface area (Å²) in [6.45, 7) is 0.00674. The average molecular weight is 469 g/mol. The molecule has 0 radical (unpaired) electrons. The van der Waals surface area contributed by atoms with E-state index in [4.69, 9.17) is 33.0 Å². The molecule has 0 spiro atoms. The summed E-state index contributed by atoms with van der Waals surface area (Å²) in [6.07, 6.45) is 1.30. The molecule has 5 unspecified atom stereocenters. The molecule has 1 aromatic rings. The van der Waals surface area contributed by atoms with E-state index < -0.39 is 29.8 Å². The lowest BCUT2D eigenvalue weighted by molar-refractivity contribution is -0.124. The van der Waals surface area contributed by atoms with E-state index in [1.807, 2.05) is 5.48 Å². The van der Waals surface area contributed by atoms with Gasteiger partial charge in [-0.2, -0.15) is 0 Å². The van der Waals surface area contributed by atoms with Gasteiger partial charge in [-0.15, -0.1) is 11.6 Å². The summed E-state index contributed by atoms with van der Waals surface area (Å²) >= 11 is 5.62. The predicted octanol–water partition coefficient (Wildman–Crippen LogP) is 1.55. The Hall–Kier alpha value is -3.05. The number of carbonyl (C=O) groups excluding carboxylic acids is 2. The van der Waals surface area contributed by atoms with Crippen LogP contribution < -0.4 is 27.6 Å². The van der Waals surface area contributed by atoms with Gasteiger partial charge in [-0.1, -0.05) is 12.1 Å². The van der Waals surface area contributed by atoms with Crippen molar-refractivity contribution < 1.29 is 23.9 Å². The van der Waals surface area contributed by atoms with Gasteiger partial charge in [0.15, 0.2) is 11.7 Å². The Morgan fingerprint density at radius 2 is 2.12 bits per heavy atom. The third-order valence-electron chi connectivity index (χ3n) is 5.96. The summed E-state index contributed by atoms with van der Waals surface area (Å²) in [6, 6.07) is 5.71. The SMILES string of the molecule is N/C=C(F)\C(=N/CCl)NC1C2CC(CC2NC(=O)OCc2cccc(NO)c2)C1C(N)=O. The number of amidine groups is 1. The molecule has 10 nitrogen and oxygen atoms in total. The second kappa shape index (κ2) is 10.5. The van der Waals surface area contributed by atoms with Crippen molar-refractivity contribution in [3.05, 3.63) is 41.9 Å². The third kappa shape index (κ3) is 5.22. The number of amides is 2. The number of halogens is 2. The molecule has 0 heterocycles. The number of rotatable bonds is 8. The summed E-state index contributed by atoms with van der Waals surface area (Å²) in [5, 5.41) is 14.7. The fraction of sp³-hybridized carbons (Fsp3) is 0.450. The molecule has 2 bridgehead atoms. The van der Waals surface area contributed by atoms with Gasteiger partial charge in [0.25, 0.3) is 0 Å². The number of benzene rings is 1. The molecule has 8 N–H and O–H groups in total. The number of fused-ring (bicyclic) bond motifs is 2. The Kier molecular flexibility index (Phi) is 7.75. The molecule has 12 heteroatoms. The smallest absolute Gasteiger partial charge is 0.407 e. The topological polar surface area (TPSA) is 164 Å². The molecule has 5 atom stereocenters. The van der Waals surface area contributed by atoms with Crippen LogP contribution in [0.1, 0.15) is 18.4 Å². The zero-order valence-corrected chi connectivity index (χ0v) is 17.9. The highest BCUT2D eigenvalue weighted by molar-refractivity contribution is 6.18. The van der Waals surface area contributed by atoms with Crippen molar-refractivity contribution in [1.29, 1.82) is 0 Å². The first-order valence-corrected chi connectivity index (χ1v) is 10.6. The van der Waals surface area contributed by atoms with Crippen LogP contribution in [0.15, 0.2) is 41.3 Å². The molecule has 2 aliphatic rings. The zero-order chi connectivity index (χ0) is 23.3. The molecule has 0 aromatic heterocycles. The van der Waals surface area contributed by atoms with Gasteiger partial charge in [0, 0.05) is 24.2 Å². The van der Waals surface area contributed by atoms with Crippen molar-refractivity contribution in [1.82, 2.24) is 10.6 Å². The van der Waals surface area contributed by atoms with Crippen LogP contribution >= 0.6 is 11.6 Å². The number of alkyl halides is 1. The lowest BCUT2D eigenvalue weighted by atomic mass is 9.81. The highest BCUT2D eigenvalue weighted by Gasteiger charge is 2.55. The molecule has 2 saturated carbocycles. The molecule has 2 fully saturated rings. The second-order valence-electron chi connectivity index (χ2n) is 7.77. The fourth-order valence-electron chi connectivity index (χ4n) is 4.69. The highest BCUT2D eigenvalue weighted by Crippen LogP contribution is 2.48. The summed E-state index contributed by atoms with van der Waals surface area (Å²) in [5.41, 5.74) is 14.0. The van der Waals surface area contributed by atoms with Gasteiger partial charge >= 0.3 is 6.09 Å². The maximum absolute atomic E-state index is 14.1. The molecular weight excluding hydrogens is 443 g/mol. The van der Waals surface area contributed by atoms with Crippen LogP contribution in [0.25, 0.3) is 0 Å². The van der Waals surface area contributed by atoms with Gasteiger partial charge in [0.2, 0.25) is 5.91 Å². The van der Waals surface area contributed by atoms with Crippen molar-refractivity contribution in [2.75, 3.05) is 11.5 Å². The summed E-state index contributed by atoms with van der Waals surface area (Å²) < 4.78 is 19.4. The summed E-state index contributed by atoms with van der Waals surface area (Å²) in [5.74, 6) is -2.29. The van der Waals surface area contributed by atoms with Gasteiger partial charge in [0.1, 0.15) is 12.6 Å². The minimum absolute atomic E-state index is 0.00674. The first-order chi connectivity index (χ1) is 15.4. The third-order valence-corrected chi connectivity index (χ3v) is 6.08. The number of hydrogen-bond acceptors (Lipinski definition) is 7. The standard InChI is InChI=1S/C20H26ClFN6O4/c21-9-25-19(14(22)7-23)27-17-13-5-11(16(17)18(24)29)6-15(13)26-20(30)32-8-10-2-1-3-12(4-10)28-31/h1-4,7,11,13,15-17,28,31H,5-6,8-9,23H2,(H2,24,29)(H,25,27)(H,26,30)/b14-7+. The Labute approximate surface area is 189 Å². The van der Waals surface area contributed by atoms with Crippen molar-refractivity contribution >= 4 is 35.1 Å². The van der Waals surface area contributed by atoms with Crippen LogP contribution in [0.3, 0.4) is 0 Å². The van der Waals surface area contributed by atoms with Gasteiger partial charge in [-0.05, 0) is 36.5 Å². The van der Waals surface area contributed by atoms with Crippen LogP contribution in [-0.4, -0.2) is 41.1 Å². The van der Waals surface area contributed by atoms with Crippen LogP contribution in [0, 0.1) is 17.8 Å². The highest BCUT2D eigenvalue weighted by atomic mass is 35.5. The molecule has 2 aliphatic carbocycles. The number of ether oxygens (including phenoxy) is 1. The number of primary amides is 1. The average Bonchev–Trinajstić information content (AvgIpc) is 3.34. The van der Waals surface area contributed by atoms with Crippen molar-refractivity contribution in [2.24, 2.45) is 34.2 Å². The van der Waals surface area contributed by atoms with Crippen molar-refractivity contribution in [3.63, 3.8) is 0 Å². The number of alkyl carbamates (subject to hydrolysis) is 1. The van der Waals surface area contributed by atoms with E-state index in [2.05, 4.69) is 15.6 Å². The number of anilines is 1. The Morgan fingerprint density at radius 3 is 2.78 bits per heavy atom. The minimum atomic E-state index is -0.805. The Bertz CT molecular complexity index is 914. The van der Waals surface area contributed by atoms with E-state index in [9.17, 15) is 14.0 Å². The fourth-order valence-corrected chi connectivity index (χ4v) is 4.81. The number of nitrogens with one attached hydrogen (secondary N) is 3. The maximum Gasteiger partial charge on any atom is 0.407 e. The molecule has 174 valence electrons. The first-order valence-electron chi connectivity index (χ1n) is 10.0. The number of nitrogens with two attached hydrogens (primary N) is 2. The number of aliphatic imine (C=N–C) groups is 1. The van der Waals surface area contributed by atoms with Gasteiger partial charge in [-0.3, -0.25) is 15.5 Å². The van der Waals surface area contributed by atoms with Crippen molar-refractivity contribution in [3.8, 4) is 0 Å². The maximum atomic E-state index is 14.1. The van der Waals surface area contributed by atoms with Gasteiger partial charge in [-0.25, -0.2) is 14.2 Å². The summed E-state index contributed by atoms with van der Waals surface area (Å²) in [7, 11) is 0. The summed E-state index contributed by atoms with van der Waals surface area (Å²) in [4.78, 5) is 28.3. The molecule has 0 saturated heterocycles. The molecule has 2 amide bonds. The number of nitrogens with zero attached hydrogens (tertiary/aromatic N) is 1.